The molecular formula is C19H23N3O3S. The third kappa shape index (κ3) is 3.62. The van der Waals surface area contributed by atoms with Crippen molar-refractivity contribution in [2.45, 2.75) is 56.9 Å². The van der Waals surface area contributed by atoms with Crippen molar-refractivity contribution in [2.24, 2.45) is 10.1 Å². The van der Waals surface area contributed by atoms with Crippen LogP contribution in [0.5, 0.6) is 17.2 Å². The van der Waals surface area contributed by atoms with Gasteiger partial charge in [-0.1, -0.05) is 19.3 Å². The molecular weight excluding hydrogens is 350 g/mol. The van der Waals surface area contributed by atoms with Gasteiger partial charge in [0.1, 0.15) is 5.75 Å². The van der Waals surface area contributed by atoms with Gasteiger partial charge in [-0.05, 0) is 31.7 Å². The molecule has 2 saturated carbocycles. The van der Waals surface area contributed by atoms with Gasteiger partial charge in [0.05, 0.1) is 18.0 Å². The van der Waals surface area contributed by atoms with E-state index >= 15 is 0 Å². The summed E-state index contributed by atoms with van der Waals surface area (Å²) in [6.07, 6.45) is 9.87. The zero-order valence-electron chi connectivity index (χ0n) is 14.5. The molecule has 0 saturated heterocycles. The van der Waals surface area contributed by atoms with Crippen molar-refractivity contribution in [1.82, 2.24) is 4.68 Å². The van der Waals surface area contributed by atoms with Crippen molar-refractivity contribution >= 4 is 17.6 Å². The molecule has 26 heavy (non-hydrogen) atoms. The molecule has 1 heterocycles. The minimum absolute atomic E-state index is 0.126. The van der Waals surface area contributed by atoms with E-state index in [4.69, 9.17) is 4.99 Å². The van der Waals surface area contributed by atoms with Crippen LogP contribution in [-0.2, 0) is 0 Å². The second kappa shape index (κ2) is 7.15. The average molecular weight is 373 g/mol. The van der Waals surface area contributed by atoms with Crippen molar-refractivity contribution in [3.05, 3.63) is 33.6 Å². The first-order valence-corrected chi connectivity index (χ1v) is 10.0. The minimum Gasteiger partial charge on any atom is -0.507 e. The normalized spacial score (nSPS) is 19.5. The van der Waals surface area contributed by atoms with Crippen LogP contribution in [0.1, 0.15) is 62.1 Å². The van der Waals surface area contributed by atoms with Gasteiger partial charge < -0.3 is 15.3 Å². The van der Waals surface area contributed by atoms with E-state index in [1.54, 1.807) is 11.3 Å². The van der Waals surface area contributed by atoms with Crippen LogP contribution in [0.15, 0.2) is 27.6 Å². The Morgan fingerprint density at radius 3 is 2.42 bits per heavy atom. The van der Waals surface area contributed by atoms with E-state index in [1.807, 2.05) is 4.68 Å². The van der Waals surface area contributed by atoms with Crippen LogP contribution in [0.2, 0.25) is 0 Å². The summed E-state index contributed by atoms with van der Waals surface area (Å²) in [5, 5.41) is 35.8. The van der Waals surface area contributed by atoms with Crippen LogP contribution in [-0.4, -0.2) is 32.3 Å². The van der Waals surface area contributed by atoms with E-state index in [0.29, 0.717) is 17.5 Å². The standard InChI is InChI=1S/C19H23N3O3S/c23-16-9-18(25)17(24)8-13(16)10-20-22-15(12-6-7-12)11-26-19(22)21-14-4-2-1-3-5-14/h8-12,14,23-25H,1-7H2/b20-10+,21-19?. The number of hydrogen-bond acceptors (Lipinski definition) is 6. The molecule has 3 N–H and O–H groups in total. The van der Waals surface area contributed by atoms with Gasteiger partial charge in [-0.2, -0.15) is 5.10 Å². The van der Waals surface area contributed by atoms with Gasteiger partial charge in [-0.25, -0.2) is 4.68 Å². The SMILES string of the molecule is Oc1cc(O)c(/C=N/n2c(C3CC3)csc2=NC2CCCCC2)cc1O. The molecule has 0 radical (unpaired) electrons. The third-order valence-corrected chi connectivity index (χ3v) is 5.86. The van der Waals surface area contributed by atoms with Crippen LogP contribution in [0.3, 0.4) is 0 Å². The molecule has 4 rings (SSSR count). The fourth-order valence-corrected chi connectivity index (χ4v) is 4.33. The number of phenolic OH excluding ortho intramolecular Hbond substituents is 3. The average Bonchev–Trinajstić information content (AvgIpc) is 3.40. The Morgan fingerprint density at radius 1 is 0.962 bits per heavy atom. The van der Waals surface area contributed by atoms with Crippen molar-refractivity contribution < 1.29 is 15.3 Å². The highest BCUT2D eigenvalue weighted by atomic mass is 32.1. The minimum atomic E-state index is -0.352. The first-order chi connectivity index (χ1) is 12.6. The van der Waals surface area contributed by atoms with Gasteiger partial charge in [0.25, 0.3) is 0 Å². The molecule has 0 atom stereocenters. The zero-order valence-corrected chi connectivity index (χ0v) is 15.3. The summed E-state index contributed by atoms with van der Waals surface area (Å²) < 4.78 is 1.88. The third-order valence-electron chi connectivity index (χ3n) is 5.01. The topological polar surface area (TPSA) is 90.3 Å². The number of nitrogens with zero attached hydrogens (tertiary/aromatic N) is 3. The predicted molar refractivity (Wildman–Crippen MR) is 101 cm³/mol. The first-order valence-electron chi connectivity index (χ1n) is 9.15. The lowest BCUT2D eigenvalue weighted by atomic mass is 9.96. The zero-order chi connectivity index (χ0) is 18.1. The molecule has 0 amide bonds. The van der Waals surface area contributed by atoms with Gasteiger partial charge in [-0.15, -0.1) is 11.3 Å². The Balaban J connectivity index is 1.69. The van der Waals surface area contributed by atoms with Crippen LogP contribution >= 0.6 is 11.3 Å². The highest BCUT2D eigenvalue weighted by Gasteiger charge is 2.28. The van der Waals surface area contributed by atoms with Crippen LogP contribution in [0.4, 0.5) is 0 Å². The maximum atomic E-state index is 9.97. The van der Waals surface area contributed by atoms with E-state index in [1.165, 1.54) is 44.4 Å². The van der Waals surface area contributed by atoms with E-state index in [-0.39, 0.29) is 17.2 Å². The van der Waals surface area contributed by atoms with E-state index in [0.717, 1.165) is 29.4 Å². The largest absolute Gasteiger partial charge is 0.507 e. The summed E-state index contributed by atoms with van der Waals surface area (Å²) >= 11 is 1.61. The lowest BCUT2D eigenvalue weighted by Crippen LogP contribution is -2.19. The quantitative estimate of drug-likeness (QED) is 0.434. The maximum absolute atomic E-state index is 9.97. The second-order valence-electron chi connectivity index (χ2n) is 7.09. The molecule has 2 aliphatic carbocycles. The first kappa shape index (κ1) is 17.1. The fraction of sp³-hybridized carbons (Fsp3) is 0.474. The van der Waals surface area contributed by atoms with E-state index in [9.17, 15) is 15.3 Å². The molecule has 1 aromatic carbocycles. The Kier molecular flexibility index (Phi) is 4.72. The van der Waals surface area contributed by atoms with E-state index in [2.05, 4.69) is 10.5 Å². The lowest BCUT2D eigenvalue weighted by molar-refractivity contribution is 0.396. The van der Waals surface area contributed by atoms with Crippen molar-refractivity contribution in [1.29, 1.82) is 0 Å². The lowest BCUT2D eigenvalue weighted by Gasteiger charge is -2.16. The Hall–Kier alpha value is -2.28. The summed E-state index contributed by atoms with van der Waals surface area (Å²) in [7, 11) is 0. The van der Waals surface area contributed by atoms with Gasteiger partial charge in [0, 0.05) is 22.9 Å². The summed E-state index contributed by atoms with van der Waals surface area (Å²) in [5.41, 5.74) is 1.51. The highest BCUT2D eigenvalue weighted by Crippen LogP contribution is 2.40. The van der Waals surface area contributed by atoms with E-state index < -0.39 is 0 Å². The predicted octanol–water partition coefficient (Wildman–Crippen LogP) is 3.66. The second-order valence-corrected chi connectivity index (χ2v) is 7.93. The molecule has 6 nitrogen and oxygen atoms in total. The molecule has 2 aromatic rings. The summed E-state index contributed by atoms with van der Waals surface area (Å²) in [5.74, 6) is -0.234. The van der Waals surface area contributed by atoms with Crippen LogP contribution in [0.25, 0.3) is 0 Å². The van der Waals surface area contributed by atoms with Crippen LogP contribution < -0.4 is 4.80 Å². The van der Waals surface area contributed by atoms with Crippen molar-refractivity contribution in [2.75, 3.05) is 0 Å². The molecule has 0 unspecified atom stereocenters. The van der Waals surface area contributed by atoms with Gasteiger partial charge in [0.15, 0.2) is 11.5 Å². The molecule has 7 heteroatoms. The Bertz CT molecular complexity index is 890. The number of aromatic nitrogens is 1. The number of benzene rings is 1. The highest BCUT2D eigenvalue weighted by molar-refractivity contribution is 7.07. The number of hydrogen-bond donors (Lipinski definition) is 3. The van der Waals surface area contributed by atoms with Crippen molar-refractivity contribution in [3.63, 3.8) is 0 Å². The number of rotatable bonds is 4. The van der Waals surface area contributed by atoms with Gasteiger partial charge in [-0.3, -0.25) is 4.99 Å². The van der Waals surface area contributed by atoms with Gasteiger partial charge >= 0.3 is 0 Å². The monoisotopic (exact) mass is 373 g/mol. The maximum Gasteiger partial charge on any atom is 0.206 e. The van der Waals surface area contributed by atoms with Gasteiger partial charge in [0.2, 0.25) is 4.80 Å². The molecule has 138 valence electrons. The smallest absolute Gasteiger partial charge is 0.206 e. The fourth-order valence-electron chi connectivity index (χ4n) is 3.34. The number of thiazole rings is 1. The molecule has 2 fully saturated rings. The Labute approximate surface area is 155 Å². The number of phenols is 3. The molecule has 1 aromatic heterocycles. The summed E-state index contributed by atoms with van der Waals surface area (Å²) in [6.45, 7) is 0. The molecule has 0 aliphatic heterocycles. The Morgan fingerprint density at radius 2 is 1.69 bits per heavy atom. The van der Waals surface area contributed by atoms with Crippen LogP contribution in [0, 0.1) is 0 Å². The van der Waals surface area contributed by atoms with Crippen molar-refractivity contribution in [3.8, 4) is 17.2 Å². The summed E-state index contributed by atoms with van der Waals surface area (Å²) in [4.78, 5) is 5.82. The molecule has 0 bridgehead atoms. The summed E-state index contributed by atoms with van der Waals surface area (Å²) in [6, 6.07) is 2.78. The molecule has 2 aliphatic rings. The molecule has 0 spiro atoms. The number of aromatic hydroxyl groups is 3.